The maximum Gasteiger partial charge on any atom is 0.114 e. The van der Waals surface area contributed by atoms with Crippen molar-refractivity contribution in [3.05, 3.63) is 0 Å². The standard InChI is InChI=1S/C9H21N3/c1-8(2)7-11-9-10-5-4-6-12(9)3/h8-11H,4-7H2,1-3H3. The molecule has 0 aromatic heterocycles. The quantitative estimate of drug-likeness (QED) is 0.645. The summed E-state index contributed by atoms with van der Waals surface area (Å²) in [7, 11) is 2.16. The van der Waals surface area contributed by atoms with Gasteiger partial charge in [0.25, 0.3) is 0 Å². The topological polar surface area (TPSA) is 27.3 Å². The Bertz CT molecular complexity index is 125. The number of nitrogens with one attached hydrogen (secondary N) is 2. The van der Waals surface area contributed by atoms with Crippen molar-refractivity contribution in [1.29, 1.82) is 0 Å². The van der Waals surface area contributed by atoms with Crippen LogP contribution in [-0.4, -0.2) is 37.9 Å². The van der Waals surface area contributed by atoms with Crippen LogP contribution in [0.15, 0.2) is 0 Å². The van der Waals surface area contributed by atoms with Crippen molar-refractivity contribution >= 4 is 0 Å². The zero-order valence-electron chi connectivity index (χ0n) is 8.43. The van der Waals surface area contributed by atoms with Crippen molar-refractivity contribution in [2.24, 2.45) is 5.92 Å². The smallest absolute Gasteiger partial charge is 0.114 e. The van der Waals surface area contributed by atoms with E-state index in [1.54, 1.807) is 0 Å². The average Bonchev–Trinajstić information content (AvgIpc) is 2.03. The van der Waals surface area contributed by atoms with E-state index in [1.165, 1.54) is 13.0 Å². The molecule has 1 fully saturated rings. The molecule has 0 radical (unpaired) electrons. The van der Waals surface area contributed by atoms with Crippen molar-refractivity contribution in [2.75, 3.05) is 26.7 Å². The van der Waals surface area contributed by atoms with Gasteiger partial charge >= 0.3 is 0 Å². The summed E-state index contributed by atoms with van der Waals surface area (Å²) in [6, 6.07) is 0. The third-order valence-corrected chi connectivity index (χ3v) is 2.19. The highest BCUT2D eigenvalue weighted by Gasteiger charge is 2.16. The SMILES string of the molecule is CC(C)CNC1NCCCN1C. The van der Waals surface area contributed by atoms with Gasteiger partial charge in [0.15, 0.2) is 0 Å². The van der Waals surface area contributed by atoms with Crippen LogP contribution in [0.5, 0.6) is 0 Å². The monoisotopic (exact) mass is 171 g/mol. The lowest BCUT2D eigenvalue weighted by molar-refractivity contribution is 0.130. The van der Waals surface area contributed by atoms with Crippen molar-refractivity contribution in [3.8, 4) is 0 Å². The second-order valence-electron chi connectivity index (χ2n) is 3.99. The third kappa shape index (κ3) is 3.09. The van der Waals surface area contributed by atoms with Crippen LogP contribution >= 0.6 is 0 Å². The highest BCUT2D eigenvalue weighted by atomic mass is 15.4. The summed E-state index contributed by atoms with van der Waals surface area (Å²) in [5, 5.41) is 6.92. The van der Waals surface area contributed by atoms with Crippen LogP contribution in [0.2, 0.25) is 0 Å². The Hall–Kier alpha value is -0.120. The maximum absolute atomic E-state index is 3.49. The molecule has 12 heavy (non-hydrogen) atoms. The lowest BCUT2D eigenvalue weighted by Gasteiger charge is -2.34. The van der Waals surface area contributed by atoms with Crippen molar-refractivity contribution in [2.45, 2.75) is 26.6 Å². The molecular weight excluding hydrogens is 150 g/mol. The predicted molar refractivity (Wildman–Crippen MR) is 51.9 cm³/mol. The molecule has 1 aliphatic heterocycles. The fraction of sp³-hybridized carbons (Fsp3) is 1.00. The van der Waals surface area contributed by atoms with E-state index in [0.717, 1.165) is 19.0 Å². The molecule has 1 aliphatic rings. The van der Waals surface area contributed by atoms with Crippen LogP contribution in [0.1, 0.15) is 20.3 Å². The zero-order chi connectivity index (χ0) is 8.97. The summed E-state index contributed by atoms with van der Waals surface area (Å²) >= 11 is 0. The Kier molecular flexibility index (Phi) is 3.98. The third-order valence-electron chi connectivity index (χ3n) is 2.19. The Labute approximate surface area is 75.5 Å². The van der Waals surface area contributed by atoms with Crippen LogP contribution in [0.3, 0.4) is 0 Å². The largest absolute Gasteiger partial charge is 0.289 e. The maximum atomic E-state index is 3.49. The highest BCUT2D eigenvalue weighted by molar-refractivity contribution is 4.70. The van der Waals surface area contributed by atoms with Gasteiger partial charge in [0.2, 0.25) is 0 Å². The van der Waals surface area contributed by atoms with Gasteiger partial charge in [-0.3, -0.25) is 15.5 Å². The molecule has 0 aliphatic carbocycles. The molecule has 0 aromatic carbocycles. The van der Waals surface area contributed by atoms with E-state index in [1.807, 2.05) is 0 Å². The first kappa shape index (κ1) is 9.96. The van der Waals surface area contributed by atoms with E-state index in [9.17, 15) is 0 Å². The van der Waals surface area contributed by atoms with Gasteiger partial charge in [0, 0.05) is 13.1 Å². The normalized spacial score (nSPS) is 26.5. The minimum absolute atomic E-state index is 0.390. The molecule has 3 heteroatoms. The highest BCUT2D eigenvalue weighted by Crippen LogP contribution is 1.99. The van der Waals surface area contributed by atoms with Crippen molar-refractivity contribution in [1.82, 2.24) is 15.5 Å². The number of hydrogen-bond donors (Lipinski definition) is 2. The molecule has 1 rings (SSSR count). The second kappa shape index (κ2) is 4.80. The van der Waals surface area contributed by atoms with Gasteiger partial charge in [-0.1, -0.05) is 13.8 Å². The summed E-state index contributed by atoms with van der Waals surface area (Å²) < 4.78 is 0. The Morgan fingerprint density at radius 3 is 2.92 bits per heavy atom. The summed E-state index contributed by atoms with van der Waals surface area (Å²) in [5.41, 5.74) is 0. The molecule has 3 nitrogen and oxygen atoms in total. The number of nitrogens with zero attached hydrogens (tertiary/aromatic N) is 1. The van der Waals surface area contributed by atoms with Crippen molar-refractivity contribution < 1.29 is 0 Å². The Balaban J connectivity index is 2.20. The summed E-state index contributed by atoms with van der Waals surface area (Å²) in [6.45, 7) is 7.89. The molecule has 0 amide bonds. The molecule has 0 spiro atoms. The molecule has 0 aromatic rings. The summed E-state index contributed by atoms with van der Waals surface area (Å²) in [6.07, 6.45) is 1.65. The van der Waals surface area contributed by atoms with Gasteiger partial charge in [-0.15, -0.1) is 0 Å². The lowest BCUT2D eigenvalue weighted by Crippen LogP contribution is -2.57. The van der Waals surface area contributed by atoms with Crippen molar-refractivity contribution in [3.63, 3.8) is 0 Å². The van der Waals surface area contributed by atoms with Gasteiger partial charge < -0.3 is 0 Å². The first-order valence-corrected chi connectivity index (χ1v) is 4.87. The van der Waals surface area contributed by atoms with Gasteiger partial charge in [0.05, 0.1) is 0 Å². The second-order valence-corrected chi connectivity index (χ2v) is 3.99. The first-order valence-electron chi connectivity index (χ1n) is 4.87. The van der Waals surface area contributed by atoms with E-state index in [4.69, 9.17) is 0 Å². The fourth-order valence-corrected chi connectivity index (χ4v) is 1.43. The molecule has 0 bridgehead atoms. The Morgan fingerprint density at radius 1 is 1.58 bits per heavy atom. The molecular formula is C9H21N3. The van der Waals surface area contributed by atoms with Crippen LogP contribution < -0.4 is 10.6 Å². The van der Waals surface area contributed by atoms with Crippen LogP contribution in [0.4, 0.5) is 0 Å². The summed E-state index contributed by atoms with van der Waals surface area (Å²) in [4.78, 5) is 2.33. The Morgan fingerprint density at radius 2 is 2.33 bits per heavy atom. The fourth-order valence-electron chi connectivity index (χ4n) is 1.43. The first-order chi connectivity index (χ1) is 5.70. The van der Waals surface area contributed by atoms with E-state index >= 15 is 0 Å². The zero-order valence-corrected chi connectivity index (χ0v) is 8.43. The van der Waals surface area contributed by atoms with Gasteiger partial charge in [-0.2, -0.15) is 0 Å². The van der Waals surface area contributed by atoms with Crippen LogP contribution in [-0.2, 0) is 0 Å². The van der Waals surface area contributed by atoms with E-state index in [2.05, 4.69) is 36.4 Å². The van der Waals surface area contributed by atoms with Crippen LogP contribution in [0, 0.1) is 5.92 Å². The summed E-state index contributed by atoms with van der Waals surface area (Å²) in [5.74, 6) is 0.724. The molecule has 1 unspecified atom stereocenters. The van der Waals surface area contributed by atoms with E-state index in [-0.39, 0.29) is 0 Å². The number of hydrogen-bond acceptors (Lipinski definition) is 3. The van der Waals surface area contributed by atoms with Crippen LogP contribution in [0.25, 0.3) is 0 Å². The minimum Gasteiger partial charge on any atom is -0.289 e. The molecule has 2 N–H and O–H groups in total. The molecule has 72 valence electrons. The van der Waals surface area contributed by atoms with E-state index in [0.29, 0.717) is 6.29 Å². The molecule has 0 saturated carbocycles. The lowest BCUT2D eigenvalue weighted by atomic mass is 10.2. The van der Waals surface area contributed by atoms with E-state index < -0.39 is 0 Å². The van der Waals surface area contributed by atoms with Gasteiger partial charge in [-0.05, 0) is 25.9 Å². The molecule has 1 heterocycles. The molecule has 1 saturated heterocycles. The molecule has 1 atom stereocenters. The average molecular weight is 171 g/mol. The number of rotatable bonds is 3. The van der Waals surface area contributed by atoms with Gasteiger partial charge in [-0.25, -0.2) is 0 Å². The minimum atomic E-state index is 0.390. The van der Waals surface area contributed by atoms with Gasteiger partial charge in [0.1, 0.15) is 6.29 Å². The predicted octanol–water partition coefficient (Wildman–Crippen LogP) is 0.441.